The molecule has 1 amide bonds. The number of hydrogen-bond acceptors (Lipinski definition) is 17. The van der Waals surface area contributed by atoms with Crippen molar-refractivity contribution in [3.63, 3.8) is 0 Å². The number of ketones is 3. The van der Waals surface area contributed by atoms with Crippen LogP contribution >= 0.6 is 0 Å². The summed E-state index contributed by atoms with van der Waals surface area (Å²) in [6.45, 7) is 38.6. The quantitative estimate of drug-likeness (QED) is 0.0225. The maximum atomic E-state index is 12.9. The molecular weight excluding hydrogens is 1470 g/mol. The van der Waals surface area contributed by atoms with E-state index < -0.39 is 28.9 Å². The number of hydrogen-bond donors (Lipinski definition) is 7. The lowest BCUT2D eigenvalue weighted by Crippen LogP contribution is -2.36. The molecule has 4 aliphatic carbocycles. The van der Waals surface area contributed by atoms with Crippen molar-refractivity contribution in [1.29, 1.82) is 0 Å². The summed E-state index contributed by atoms with van der Waals surface area (Å²) in [5, 5.41) is 9.72. The predicted octanol–water partition coefficient (Wildman–Crippen LogP) is 17.4. The lowest BCUT2D eigenvalue weighted by Gasteiger charge is -2.33. The molecule has 3 unspecified atom stereocenters. The molecule has 23 heteroatoms. The third kappa shape index (κ3) is 20.2. The molecule has 4 aliphatic heterocycles. The van der Waals surface area contributed by atoms with E-state index in [9.17, 15) is 19.2 Å². The van der Waals surface area contributed by atoms with Crippen LogP contribution in [0.5, 0.6) is 0 Å². The van der Waals surface area contributed by atoms with Crippen LogP contribution in [0.1, 0.15) is 274 Å². The molecule has 3 aromatic carbocycles. The van der Waals surface area contributed by atoms with Crippen LogP contribution in [0.25, 0.3) is 27.1 Å². The van der Waals surface area contributed by atoms with Crippen LogP contribution in [-0.4, -0.2) is 133 Å². The van der Waals surface area contributed by atoms with Crippen molar-refractivity contribution in [3.05, 3.63) is 229 Å². The highest BCUT2D eigenvalue weighted by atomic mass is 16.7. The lowest BCUT2D eigenvalue weighted by molar-refractivity contribution is -0.149. The van der Waals surface area contributed by atoms with Gasteiger partial charge in [-0.15, -0.1) is 6.42 Å². The fourth-order valence-electron chi connectivity index (χ4n) is 16.4. The minimum absolute atomic E-state index is 0.0188. The number of carbonyl (C=O) groups is 4. The Labute approximate surface area is 688 Å². The van der Waals surface area contributed by atoms with Gasteiger partial charge in [0.25, 0.3) is 5.82 Å². The van der Waals surface area contributed by atoms with E-state index in [0.29, 0.717) is 79.0 Å². The molecular formula is C94H114N14O9. The number of aromatic amines is 4. The molecule has 614 valence electrons. The van der Waals surface area contributed by atoms with Gasteiger partial charge in [-0.1, -0.05) is 115 Å². The van der Waals surface area contributed by atoms with Crippen LogP contribution in [0.2, 0.25) is 0 Å². The van der Waals surface area contributed by atoms with Crippen molar-refractivity contribution in [2.75, 3.05) is 65.0 Å². The van der Waals surface area contributed by atoms with Crippen molar-refractivity contribution < 1.29 is 42.9 Å². The van der Waals surface area contributed by atoms with Crippen LogP contribution in [-0.2, 0) is 65.9 Å². The number of benzene rings is 3. The molecule has 4 fully saturated rings. The van der Waals surface area contributed by atoms with Gasteiger partial charge >= 0.3 is 5.91 Å². The van der Waals surface area contributed by atoms with Crippen LogP contribution in [0.3, 0.4) is 0 Å². The summed E-state index contributed by atoms with van der Waals surface area (Å²) in [4.78, 5) is 89.9. The number of aryl methyl sites for hydroxylation is 2. The van der Waals surface area contributed by atoms with E-state index in [1.165, 1.54) is 46.7 Å². The fourth-order valence-corrected chi connectivity index (χ4v) is 16.4. The molecule has 23 nitrogen and oxygen atoms in total. The van der Waals surface area contributed by atoms with Gasteiger partial charge in [-0.3, -0.25) is 39.7 Å². The number of anilines is 1. The number of amides is 1. The second-order valence-electron chi connectivity index (χ2n) is 35.1. The molecule has 0 saturated carbocycles. The van der Waals surface area contributed by atoms with E-state index in [2.05, 4.69) is 201 Å². The number of rotatable bonds is 19. The van der Waals surface area contributed by atoms with Gasteiger partial charge in [0.1, 0.15) is 17.1 Å². The molecule has 9 heterocycles. The van der Waals surface area contributed by atoms with Crippen LogP contribution in [0.4, 0.5) is 11.5 Å². The van der Waals surface area contributed by atoms with Crippen LogP contribution < -0.4 is 16.0 Å². The number of aromatic nitrogens is 9. The molecule has 4 saturated heterocycles. The summed E-state index contributed by atoms with van der Waals surface area (Å²) in [5.74, 6) is 2.80. The standard InChI is InChI=1S/C25H33N3O2.C24H31N3O2.C23H24N2O3.C22H26N6O2/c1-17-16-26-23(27-17)22(29)14-19-6-7-20(25(4)28(5)12-13-30-25)15-21(19)18-8-10-24(2,3)11-9-18;1-16-15-25-22(27-16)21(28)13-18-5-6-19(24(4)26-11-12-29-24)14-20(18)17-7-9-23(2,3)10-8-17;1-3-19-15-24-22(25-19)21(26)13-17-9-10-18(23(2)27-11-12-28-23)14-20(17)16-7-5-4-6-8-16;1-21(2)9-7-14(8-10-21)18-15(26-20(29)19-24-13-17(23-4)28-19)5-6-16(27-18)22(3)25-11-12-30-22/h6-8,15-16H,9-14H2,1-5H3,(H,26,27);5-7,14-15,26H,8-13H2,1-4H3,(H,25,27);1,7,9-10,14-15H,4-6,8,11-13H2,2H3,(H,24,25);5-7,13,25H,8-12H2,1-3H3,(H,24,28)(H,26,29). The fraction of sp³-hybridized carbons (Fsp3) is 0.468. The SMILES string of the molecule is C#Cc1cnc(C(=O)Cc2ccc(C3(C)OCCO3)cc2C2=CCCCC2)[nH]1.Cc1cnc(C(=O)Cc2ccc(C3(C)NCCO3)cc2C2=CCC(C)(C)CC2)[nH]1.Cc1cnc(C(=O)Cc2ccc(C3(C)OCCN3C)cc2C2=CCC(C)(C)CC2)[nH]1.[C-]#[N+]c1cnc(C(=O)Nc2ccc(C3(C)NCCO3)nc2C2=CCC(C)(C)CC2)[nH]1. The molecule has 5 aromatic heterocycles. The summed E-state index contributed by atoms with van der Waals surface area (Å²) < 4.78 is 29.7. The highest BCUT2D eigenvalue weighted by molar-refractivity contribution is 6.03. The topological polar surface area (TPSA) is 286 Å². The lowest BCUT2D eigenvalue weighted by atomic mass is 9.76. The zero-order valence-corrected chi connectivity index (χ0v) is 70.3. The molecule has 8 aliphatic rings. The van der Waals surface area contributed by atoms with Gasteiger partial charge in [0.15, 0.2) is 29.0 Å². The number of imidazole rings is 4. The van der Waals surface area contributed by atoms with Gasteiger partial charge in [-0.25, -0.2) is 24.9 Å². The van der Waals surface area contributed by atoms with Gasteiger partial charge in [0, 0.05) is 68.2 Å². The smallest absolute Gasteiger partial charge is 0.314 e. The zero-order chi connectivity index (χ0) is 83.1. The van der Waals surface area contributed by atoms with Crippen LogP contribution in [0.15, 0.2) is 116 Å². The number of pyridine rings is 1. The van der Waals surface area contributed by atoms with E-state index in [1.807, 2.05) is 52.0 Å². The number of Topliss-reactive ketones (excluding diaryl/α,β-unsaturated/α-hetero) is 3. The largest absolute Gasteiger partial charge is 0.363 e. The summed E-state index contributed by atoms with van der Waals surface area (Å²) in [7, 11) is 2.10. The molecule has 7 N–H and O–H groups in total. The Kier molecular flexibility index (Phi) is 25.8. The number of H-pyrrole nitrogens is 4. The van der Waals surface area contributed by atoms with Gasteiger partial charge in [-0.05, 0) is 245 Å². The highest BCUT2D eigenvalue weighted by Crippen LogP contribution is 2.45. The average molecular weight is 1580 g/mol. The highest BCUT2D eigenvalue weighted by Gasteiger charge is 2.40. The Morgan fingerprint density at radius 1 is 0.530 bits per heavy atom. The Bertz CT molecular complexity index is 5220. The van der Waals surface area contributed by atoms with E-state index in [0.717, 1.165) is 171 Å². The first-order chi connectivity index (χ1) is 55.8. The summed E-state index contributed by atoms with van der Waals surface area (Å²) in [5.41, 5.74) is 18.8. The number of likely N-dealkylation sites (N-methyl/N-ethyl adjacent to an activating group) is 1. The van der Waals surface area contributed by atoms with Gasteiger partial charge < -0.3 is 48.8 Å². The van der Waals surface area contributed by atoms with Crippen molar-refractivity contribution in [3.8, 4) is 12.3 Å². The molecule has 3 atom stereocenters. The Balaban J connectivity index is 0.000000136. The average Bonchev–Trinajstić information content (AvgIpc) is 1.70. The molecule has 117 heavy (non-hydrogen) atoms. The minimum Gasteiger partial charge on any atom is -0.363 e. The number of ether oxygens (including phenoxy) is 5. The molecule has 0 spiro atoms. The van der Waals surface area contributed by atoms with Crippen molar-refractivity contribution in [1.82, 2.24) is 60.4 Å². The molecule has 8 aromatic rings. The third-order valence-corrected chi connectivity index (χ3v) is 24.3. The molecule has 0 bridgehead atoms. The van der Waals surface area contributed by atoms with Gasteiger partial charge in [0.2, 0.25) is 23.2 Å². The first kappa shape index (κ1) is 84.7. The third-order valence-electron chi connectivity index (χ3n) is 24.3. The summed E-state index contributed by atoms with van der Waals surface area (Å²) in [6, 6.07) is 22.8. The number of nitrogens with one attached hydrogen (secondary N) is 7. The number of allylic oxidation sites excluding steroid dienone is 8. The normalized spacial score (nSPS) is 22.4. The van der Waals surface area contributed by atoms with E-state index in [4.69, 9.17) is 41.7 Å². The number of carbonyl (C=O) groups excluding carboxylic acids is 4. The van der Waals surface area contributed by atoms with Crippen LogP contribution in [0, 0.1) is 49.0 Å². The monoisotopic (exact) mass is 1580 g/mol. The minimum atomic E-state index is -0.727. The number of nitrogens with zero attached hydrogens (tertiary/aromatic N) is 7. The first-order valence-electron chi connectivity index (χ1n) is 41.3. The Hall–Kier alpha value is -10.2. The number of terminal acetylenes is 1. The van der Waals surface area contributed by atoms with Gasteiger partial charge in [-0.2, -0.15) is 0 Å². The van der Waals surface area contributed by atoms with E-state index in [-0.39, 0.29) is 40.8 Å². The first-order valence-corrected chi connectivity index (χ1v) is 41.3. The molecule has 16 rings (SSSR count). The maximum Gasteiger partial charge on any atom is 0.314 e. The second kappa shape index (κ2) is 35.6. The Morgan fingerprint density at radius 2 is 1.03 bits per heavy atom. The van der Waals surface area contributed by atoms with Crippen molar-refractivity contribution in [2.24, 2.45) is 16.2 Å². The van der Waals surface area contributed by atoms with E-state index >= 15 is 0 Å². The zero-order valence-electron chi connectivity index (χ0n) is 70.3. The summed E-state index contributed by atoms with van der Waals surface area (Å²) in [6.07, 6.45) is 35.7. The summed E-state index contributed by atoms with van der Waals surface area (Å²) >= 11 is 0. The molecule has 0 radical (unpaired) electrons. The van der Waals surface area contributed by atoms with E-state index in [1.54, 1.807) is 12.4 Å². The second-order valence-corrected chi connectivity index (χ2v) is 35.1. The van der Waals surface area contributed by atoms with Gasteiger partial charge in [0.05, 0.1) is 62.5 Å². The predicted molar refractivity (Wildman–Crippen MR) is 455 cm³/mol. The van der Waals surface area contributed by atoms with Crippen molar-refractivity contribution in [2.45, 2.75) is 209 Å². The maximum absolute atomic E-state index is 12.9. The van der Waals surface area contributed by atoms with Crippen molar-refractivity contribution >= 4 is 57.1 Å². The Morgan fingerprint density at radius 3 is 1.49 bits per heavy atom.